The van der Waals surface area contributed by atoms with Crippen LogP contribution < -0.4 is 11.3 Å². The van der Waals surface area contributed by atoms with Crippen molar-refractivity contribution in [2.75, 3.05) is 0 Å². The van der Waals surface area contributed by atoms with Gasteiger partial charge in [-0.1, -0.05) is 0 Å². The van der Waals surface area contributed by atoms with Gasteiger partial charge in [0.15, 0.2) is 5.92 Å². The number of rotatable bonds is 4. The van der Waals surface area contributed by atoms with Crippen LogP contribution >= 0.6 is 11.3 Å². The van der Waals surface area contributed by atoms with Gasteiger partial charge in [-0.3, -0.25) is 16.3 Å². The molecular formula is C8H9F6N3S. The van der Waals surface area contributed by atoms with Crippen LogP contribution in [0.25, 0.3) is 0 Å². The van der Waals surface area contributed by atoms with E-state index in [0.29, 0.717) is 0 Å². The molecular weight excluding hydrogens is 284 g/mol. The minimum Gasteiger partial charge on any atom is -0.271 e. The lowest BCUT2D eigenvalue weighted by atomic mass is 9.95. The molecule has 0 aliphatic carbocycles. The number of alkyl halides is 6. The maximum Gasteiger partial charge on any atom is 0.402 e. The highest BCUT2D eigenvalue weighted by Crippen LogP contribution is 2.42. The average molecular weight is 293 g/mol. The summed E-state index contributed by atoms with van der Waals surface area (Å²) in [5.41, 5.74) is 2.91. The van der Waals surface area contributed by atoms with Crippen LogP contribution in [0.1, 0.15) is 4.88 Å². The monoisotopic (exact) mass is 293 g/mol. The van der Waals surface area contributed by atoms with E-state index in [9.17, 15) is 26.3 Å². The molecule has 3 nitrogen and oxygen atoms in total. The quantitative estimate of drug-likeness (QED) is 0.508. The van der Waals surface area contributed by atoms with Crippen LogP contribution in [0.3, 0.4) is 0 Å². The molecule has 1 atom stereocenters. The Hall–Kier alpha value is -0.870. The average Bonchev–Trinajstić information content (AvgIpc) is 2.64. The molecule has 18 heavy (non-hydrogen) atoms. The first-order chi connectivity index (χ1) is 8.16. The zero-order chi connectivity index (χ0) is 14.0. The summed E-state index contributed by atoms with van der Waals surface area (Å²) in [5.74, 6) is 1.30. The van der Waals surface area contributed by atoms with Crippen molar-refractivity contribution >= 4 is 11.3 Å². The molecule has 3 N–H and O–H groups in total. The van der Waals surface area contributed by atoms with Crippen LogP contribution in [0.4, 0.5) is 26.3 Å². The zero-order valence-corrected chi connectivity index (χ0v) is 9.53. The van der Waals surface area contributed by atoms with Crippen molar-refractivity contribution in [3.8, 4) is 0 Å². The molecule has 0 fully saturated rings. The SMILES string of the molecule is NNC(Cc1cncs1)C(C(F)(F)F)C(F)(F)F. The van der Waals surface area contributed by atoms with Gasteiger partial charge in [-0.25, -0.2) is 0 Å². The van der Waals surface area contributed by atoms with Crippen molar-refractivity contribution in [2.24, 2.45) is 11.8 Å². The van der Waals surface area contributed by atoms with E-state index in [-0.39, 0.29) is 4.88 Å². The third-order valence-electron chi connectivity index (χ3n) is 2.23. The molecule has 104 valence electrons. The van der Waals surface area contributed by atoms with Crippen molar-refractivity contribution in [3.05, 3.63) is 16.6 Å². The first kappa shape index (κ1) is 15.2. The summed E-state index contributed by atoms with van der Waals surface area (Å²) < 4.78 is 74.7. The molecule has 0 spiro atoms. The van der Waals surface area contributed by atoms with Gasteiger partial charge in [0.25, 0.3) is 0 Å². The van der Waals surface area contributed by atoms with Crippen molar-refractivity contribution in [1.29, 1.82) is 0 Å². The van der Waals surface area contributed by atoms with Crippen LogP contribution in [0.15, 0.2) is 11.7 Å². The summed E-state index contributed by atoms with van der Waals surface area (Å²) in [6, 6.07) is -1.98. The highest BCUT2D eigenvalue weighted by atomic mass is 32.1. The lowest BCUT2D eigenvalue weighted by molar-refractivity contribution is -0.291. The molecule has 1 aromatic rings. The molecule has 0 amide bonds. The molecule has 1 unspecified atom stereocenters. The topological polar surface area (TPSA) is 50.9 Å². The van der Waals surface area contributed by atoms with Gasteiger partial charge < -0.3 is 0 Å². The molecule has 10 heteroatoms. The Bertz CT molecular complexity index is 346. The standard InChI is InChI=1S/C8H9F6N3S/c9-7(10,11)6(8(12,13)14)5(17-15)1-4-2-16-3-18-4/h2-3,5-6,17H,1,15H2. The minimum atomic E-state index is -5.42. The Balaban J connectivity index is 2.95. The summed E-state index contributed by atoms with van der Waals surface area (Å²) >= 11 is 0.964. The van der Waals surface area contributed by atoms with Crippen LogP contribution in [-0.4, -0.2) is 23.4 Å². The Morgan fingerprint density at radius 2 is 1.78 bits per heavy atom. The van der Waals surface area contributed by atoms with E-state index < -0.39 is 30.7 Å². The number of aromatic nitrogens is 1. The highest BCUT2D eigenvalue weighted by Gasteiger charge is 2.60. The zero-order valence-electron chi connectivity index (χ0n) is 8.72. The van der Waals surface area contributed by atoms with Crippen molar-refractivity contribution in [1.82, 2.24) is 10.4 Å². The van der Waals surface area contributed by atoms with Crippen molar-refractivity contribution in [3.63, 3.8) is 0 Å². The number of nitrogens with zero attached hydrogens (tertiary/aromatic N) is 1. The lowest BCUT2D eigenvalue weighted by Gasteiger charge is -2.29. The fraction of sp³-hybridized carbons (Fsp3) is 0.625. The van der Waals surface area contributed by atoms with Crippen LogP contribution in [-0.2, 0) is 6.42 Å². The molecule has 0 aliphatic heterocycles. The second-order valence-corrected chi connectivity index (χ2v) is 4.48. The predicted octanol–water partition coefficient (Wildman–Crippen LogP) is 2.26. The van der Waals surface area contributed by atoms with Gasteiger partial charge in [-0.2, -0.15) is 26.3 Å². The maximum atomic E-state index is 12.5. The summed E-state index contributed by atoms with van der Waals surface area (Å²) in [6.45, 7) is 0. The normalized spacial score (nSPS) is 15.1. The Morgan fingerprint density at radius 3 is 2.11 bits per heavy atom. The third-order valence-corrected chi connectivity index (χ3v) is 3.03. The van der Waals surface area contributed by atoms with Gasteiger partial charge in [0.1, 0.15) is 0 Å². The van der Waals surface area contributed by atoms with E-state index in [1.165, 1.54) is 11.7 Å². The molecule has 0 aromatic carbocycles. The number of nitrogens with one attached hydrogen (secondary N) is 1. The third kappa shape index (κ3) is 3.82. The maximum absolute atomic E-state index is 12.5. The molecule has 0 radical (unpaired) electrons. The van der Waals surface area contributed by atoms with Crippen LogP contribution in [0.5, 0.6) is 0 Å². The van der Waals surface area contributed by atoms with Gasteiger partial charge in [0, 0.05) is 23.5 Å². The summed E-state index contributed by atoms with van der Waals surface area (Å²) in [6.07, 6.45) is -10.1. The van der Waals surface area contributed by atoms with E-state index in [2.05, 4.69) is 4.98 Å². The van der Waals surface area contributed by atoms with E-state index in [0.717, 1.165) is 11.3 Å². The van der Waals surface area contributed by atoms with Gasteiger partial charge >= 0.3 is 12.4 Å². The number of hydrogen-bond acceptors (Lipinski definition) is 4. The fourth-order valence-corrected chi connectivity index (χ4v) is 2.13. The second-order valence-electron chi connectivity index (χ2n) is 3.51. The number of hydrogen-bond donors (Lipinski definition) is 2. The van der Waals surface area contributed by atoms with E-state index in [1.54, 1.807) is 5.43 Å². The van der Waals surface area contributed by atoms with Gasteiger partial charge in [0.05, 0.1) is 5.51 Å². The fourth-order valence-electron chi connectivity index (χ4n) is 1.47. The van der Waals surface area contributed by atoms with Crippen molar-refractivity contribution < 1.29 is 26.3 Å². The number of nitrogens with two attached hydrogens (primary N) is 1. The molecule has 0 bridgehead atoms. The largest absolute Gasteiger partial charge is 0.402 e. The molecule has 1 heterocycles. The number of hydrazine groups is 1. The highest BCUT2D eigenvalue weighted by molar-refractivity contribution is 7.09. The van der Waals surface area contributed by atoms with Gasteiger partial charge in [-0.05, 0) is 0 Å². The van der Waals surface area contributed by atoms with E-state index in [4.69, 9.17) is 5.84 Å². The minimum absolute atomic E-state index is 0.288. The van der Waals surface area contributed by atoms with E-state index in [1.807, 2.05) is 0 Å². The Morgan fingerprint density at radius 1 is 1.22 bits per heavy atom. The number of thiazole rings is 1. The van der Waals surface area contributed by atoms with Crippen LogP contribution in [0.2, 0.25) is 0 Å². The lowest BCUT2D eigenvalue weighted by Crippen LogP contribution is -2.54. The second kappa shape index (κ2) is 5.41. The van der Waals surface area contributed by atoms with Crippen LogP contribution in [0, 0.1) is 5.92 Å². The van der Waals surface area contributed by atoms with E-state index >= 15 is 0 Å². The summed E-state index contributed by atoms with van der Waals surface area (Å²) in [5, 5.41) is 0. The Kier molecular flexibility index (Phi) is 4.56. The number of halogens is 6. The molecule has 0 aliphatic rings. The summed E-state index contributed by atoms with van der Waals surface area (Å²) in [4.78, 5) is 3.87. The summed E-state index contributed by atoms with van der Waals surface area (Å²) in [7, 11) is 0. The predicted molar refractivity (Wildman–Crippen MR) is 52.5 cm³/mol. The molecule has 1 rings (SSSR count). The van der Waals surface area contributed by atoms with Gasteiger partial charge in [0.2, 0.25) is 0 Å². The molecule has 0 saturated carbocycles. The first-order valence-corrected chi connectivity index (χ1v) is 5.51. The first-order valence-electron chi connectivity index (χ1n) is 4.63. The van der Waals surface area contributed by atoms with Gasteiger partial charge in [-0.15, -0.1) is 11.3 Å². The Labute approximate surface area is 102 Å². The van der Waals surface area contributed by atoms with Crippen molar-refractivity contribution in [2.45, 2.75) is 24.8 Å². The molecule has 1 aromatic heterocycles. The smallest absolute Gasteiger partial charge is 0.271 e. The molecule has 0 saturated heterocycles.